The van der Waals surface area contributed by atoms with Gasteiger partial charge in [-0.3, -0.25) is 0 Å². The Balaban J connectivity index is 0. The van der Waals surface area contributed by atoms with Crippen molar-refractivity contribution in [3.05, 3.63) is 0 Å². The monoisotopic (exact) mass is 188 g/mol. The van der Waals surface area contributed by atoms with Crippen LogP contribution in [-0.4, -0.2) is 17.0 Å². The van der Waals surface area contributed by atoms with Gasteiger partial charge in [0, 0.05) is 6.42 Å². The zero-order valence-corrected chi connectivity index (χ0v) is 9.47. The number of hydrogen-bond donors (Lipinski definition) is 1. The van der Waals surface area contributed by atoms with E-state index in [9.17, 15) is 4.79 Å². The minimum absolute atomic E-state index is 0.0973. The third kappa shape index (κ3) is 24.5. The Morgan fingerprint density at radius 1 is 1.31 bits per heavy atom. The molecule has 0 aromatic heterocycles. The van der Waals surface area contributed by atoms with Gasteiger partial charge in [0.2, 0.25) is 0 Å². The van der Waals surface area contributed by atoms with Gasteiger partial charge in [-0.2, -0.15) is 0 Å². The molecule has 1 atom stereocenters. The zero-order chi connectivity index (χ0) is 10.7. The van der Waals surface area contributed by atoms with Crippen LogP contribution in [0.25, 0.3) is 0 Å². The molecule has 0 aliphatic heterocycles. The van der Waals surface area contributed by atoms with Gasteiger partial charge in [0.1, 0.15) is 5.78 Å². The Morgan fingerprint density at radius 3 is 1.92 bits per heavy atom. The van der Waals surface area contributed by atoms with Crippen molar-refractivity contribution in [1.82, 2.24) is 0 Å². The van der Waals surface area contributed by atoms with Crippen molar-refractivity contribution in [3.63, 3.8) is 0 Å². The molecule has 1 N–H and O–H groups in total. The van der Waals surface area contributed by atoms with E-state index in [0.29, 0.717) is 0 Å². The smallest absolute Gasteiger partial charge is 0.129 e. The SMILES string of the molecule is CCCC(C)=O.CCCCC(C)O. The van der Waals surface area contributed by atoms with Crippen molar-refractivity contribution in [1.29, 1.82) is 0 Å². The molecule has 0 saturated carbocycles. The molecule has 2 nitrogen and oxygen atoms in total. The molecule has 0 rings (SSSR count). The van der Waals surface area contributed by atoms with E-state index in [4.69, 9.17) is 5.11 Å². The van der Waals surface area contributed by atoms with Crippen molar-refractivity contribution in [2.75, 3.05) is 0 Å². The van der Waals surface area contributed by atoms with Crippen LogP contribution in [0.3, 0.4) is 0 Å². The summed E-state index contributed by atoms with van der Waals surface area (Å²) in [6, 6.07) is 0. The molecule has 0 aromatic rings. The van der Waals surface area contributed by atoms with Crippen molar-refractivity contribution < 1.29 is 9.90 Å². The second-order valence-corrected chi connectivity index (χ2v) is 3.44. The second-order valence-electron chi connectivity index (χ2n) is 3.44. The lowest BCUT2D eigenvalue weighted by Gasteiger charge is -1.98. The van der Waals surface area contributed by atoms with Gasteiger partial charge in [0.05, 0.1) is 6.10 Å². The molecular weight excluding hydrogens is 164 g/mol. The van der Waals surface area contributed by atoms with Crippen LogP contribution in [0, 0.1) is 0 Å². The molecule has 0 aliphatic carbocycles. The summed E-state index contributed by atoms with van der Waals surface area (Å²) in [5.41, 5.74) is 0. The molecule has 80 valence electrons. The van der Waals surface area contributed by atoms with Gasteiger partial charge >= 0.3 is 0 Å². The summed E-state index contributed by atoms with van der Waals surface area (Å²) in [5, 5.41) is 8.68. The third-order valence-electron chi connectivity index (χ3n) is 1.58. The summed E-state index contributed by atoms with van der Waals surface area (Å²) in [7, 11) is 0. The average Bonchev–Trinajstić information content (AvgIpc) is 2.01. The van der Waals surface area contributed by atoms with Crippen molar-refractivity contribution in [2.45, 2.75) is 65.9 Å². The molecule has 0 aliphatic rings. The molecule has 13 heavy (non-hydrogen) atoms. The van der Waals surface area contributed by atoms with Crippen molar-refractivity contribution >= 4 is 5.78 Å². The summed E-state index contributed by atoms with van der Waals surface area (Å²) >= 11 is 0. The van der Waals surface area contributed by atoms with Gasteiger partial charge in [-0.15, -0.1) is 0 Å². The summed E-state index contributed by atoms with van der Waals surface area (Å²) in [6.07, 6.45) is 4.91. The van der Waals surface area contributed by atoms with Gasteiger partial charge in [-0.1, -0.05) is 26.7 Å². The lowest BCUT2D eigenvalue weighted by Crippen LogP contribution is -1.97. The summed E-state index contributed by atoms with van der Waals surface area (Å²) in [6.45, 7) is 7.57. The highest BCUT2D eigenvalue weighted by Crippen LogP contribution is 1.97. The first-order chi connectivity index (χ1) is 6.04. The van der Waals surface area contributed by atoms with E-state index in [2.05, 4.69) is 6.92 Å². The molecule has 0 bridgehead atoms. The summed E-state index contributed by atoms with van der Waals surface area (Å²) < 4.78 is 0. The van der Waals surface area contributed by atoms with Crippen LogP contribution in [0.4, 0.5) is 0 Å². The highest BCUT2D eigenvalue weighted by atomic mass is 16.3. The first-order valence-corrected chi connectivity index (χ1v) is 5.22. The number of aliphatic hydroxyl groups excluding tert-OH is 1. The average molecular weight is 188 g/mol. The first kappa shape index (κ1) is 15.1. The number of aliphatic hydroxyl groups is 1. The van der Waals surface area contributed by atoms with E-state index in [1.165, 1.54) is 6.42 Å². The van der Waals surface area contributed by atoms with Crippen molar-refractivity contribution in [3.8, 4) is 0 Å². The van der Waals surface area contributed by atoms with E-state index in [1.807, 2.05) is 13.8 Å². The number of unbranched alkanes of at least 4 members (excludes halogenated alkanes) is 1. The Hall–Kier alpha value is -0.370. The Morgan fingerprint density at radius 2 is 1.85 bits per heavy atom. The standard InChI is InChI=1S/C6H14O.C5H10O/c1-3-4-5-6(2)7;1-3-4-5(2)6/h6-7H,3-5H2,1-2H3;3-4H2,1-2H3. The zero-order valence-electron chi connectivity index (χ0n) is 9.47. The largest absolute Gasteiger partial charge is 0.393 e. The van der Waals surface area contributed by atoms with Gasteiger partial charge in [-0.25, -0.2) is 0 Å². The summed E-state index contributed by atoms with van der Waals surface area (Å²) in [5.74, 6) is 0.289. The molecule has 0 heterocycles. The van der Waals surface area contributed by atoms with Crippen LogP contribution < -0.4 is 0 Å². The number of hydrogen-bond acceptors (Lipinski definition) is 2. The minimum atomic E-state index is -0.0973. The molecule has 0 aromatic carbocycles. The maximum atomic E-state index is 10.0. The quantitative estimate of drug-likeness (QED) is 0.720. The summed E-state index contributed by atoms with van der Waals surface area (Å²) in [4.78, 5) is 10.0. The number of ketones is 1. The minimum Gasteiger partial charge on any atom is -0.393 e. The van der Waals surface area contributed by atoms with Crippen LogP contribution in [-0.2, 0) is 4.79 Å². The van der Waals surface area contributed by atoms with Gasteiger partial charge in [0.25, 0.3) is 0 Å². The maximum Gasteiger partial charge on any atom is 0.129 e. The van der Waals surface area contributed by atoms with E-state index < -0.39 is 0 Å². The molecule has 0 spiro atoms. The highest BCUT2D eigenvalue weighted by Gasteiger charge is 1.90. The highest BCUT2D eigenvalue weighted by molar-refractivity contribution is 5.75. The fourth-order valence-corrected chi connectivity index (χ4v) is 0.852. The number of Topliss-reactive ketones (excluding diaryl/α,β-unsaturated/α-hetero) is 1. The van der Waals surface area contributed by atoms with E-state index >= 15 is 0 Å². The van der Waals surface area contributed by atoms with E-state index in [0.717, 1.165) is 25.7 Å². The molecule has 0 saturated heterocycles. The number of carbonyl (C=O) groups is 1. The fourth-order valence-electron chi connectivity index (χ4n) is 0.852. The maximum absolute atomic E-state index is 10.0. The lowest BCUT2D eigenvalue weighted by atomic mass is 10.2. The van der Waals surface area contributed by atoms with E-state index in [-0.39, 0.29) is 11.9 Å². The molecule has 1 unspecified atom stereocenters. The second kappa shape index (κ2) is 11.6. The Labute approximate surface area is 82.4 Å². The van der Waals surface area contributed by atoms with Crippen LogP contribution in [0.5, 0.6) is 0 Å². The van der Waals surface area contributed by atoms with Crippen LogP contribution >= 0.6 is 0 Å². The normalized spacial score (nSPS) is 11.5. The first-order valence-electron chi connectivity index (χ1n) is 5.22. The molecule has 0 radical (unpaired) electrons. The number of carbonyl (C=O) groups excluding carboxylic acids is 1. The lowest BCUT2D eigenvalue weighted by molar-refractivity contribution is -0.117. The third-order valence-corrected chi connectivity index (χ3v) is 1.58. The van der Waals surface area contributed by atoms with E-state index in [1.54, 1.807) is 6.92 Å². The van der Waals surface area contributed by atoms with Crippen LogP contribution in [0.15, 0.2) is 0 Å². The van der Waals surface area contributed by atoms with Gasteiger partial charge < -0.3 is 9.90 Å². The van der Waals surface area contributed by atoms with Gasteiger partial charge in [-0.05, 0) is 26.7 Å². The Bertz CT molecular complexity index is 109. The Kier molecular flexibility index (Phi) is 13.5. The topological polar surface area (TPSA) is 37.3 Å². The predicted molar refractivity (Wildman–Crippen MR) is 56.8 cm³/mol. The fraction of sp³-hybridized carbons (Fsp3) is 0.909. The van der Waals surface area contributed by atoms with Crippen molar-refractivity contribution in [2.24, 2.45) is 0 Å². The molecule has 2 heteroatoms. The molecule has 0 fully saturated rings. The molecular formula is C11H24O2. The molecule has 0 amide bonds. The van der Waals surface area contributed by atoms with Gasteiger partial charge in [0.15, 0.2) is 0 Å². The van der Waals surface area contributed by atoms with Crippen LogP contribution in [0.1, 0.15) is 59.8 Å². The number of rotatable bonds is 5. The predicted octanol–water partition coefficient (Wildman–Crippen LogP) is 2.93. The van der Waals surface area contributed by atoms with Crippen LogP contribution in [0.2, 0.25) is 0 Å².